The summed E-state index contributed by atoms with van der Waals surface area (Å²) in [7, 11) is 0. The number of thiocarbonyl (C=S) groups is 1. The molecule has 3 rings (SSSR count). The first kappa shape index (κ1) is 18.6. The molecule has 136 valence electrons. The van der Waals surface area contributed by atoms with Gasteiger partial charge in [0.1, 0.15) is 16.9 Å². The molecule has 2 heterocycles. The van der Waals surface area contributed by atoms with Crippen molar-refractivity contribution in [2.75, 3.05) is 13.1 Å². The summed E-state index contributed by atoms with van der Waals surface area (Å²) < 4.78 is 0.314. The molecule has 0 saturated carbocycles. The van der Waals surface area contributed by atoms with Gasteiger partial charge >= 0.3 is 5.97 Å². The number of thioether (sulfide) groups is 1. The lowest BCUT2D eigenvalue weighted by Gasteiger charge is -2.33. The Hall–Kier alpha value is -2.19. The van der Waals surface area contributed by atoms with E-state index in [-0.39, 0.29) is 18.4 Å². The average Bonchev–Trinajstić information content (AvgIpc) is 2.90. The number of rotatable bonds is 4. The van der Waals surface area contributed by atoms with Gasteiger partial charge in [0.2, 0.25) is 5.91 Å². The highest BCUT2D eigenvalue weighted by atomic mass is 32.2. The summed E-state index contributed by atoms with van der Waals surface area (Å²) in [6.07, 6.45) is 3.72. The first-order chi connectivity index (χ1) is 12.5. The van der Waals surface area contributed by atoms with Crippen LogP contribution in [0, 0.1) is 0 Å². The van der Waals surface area contributed by atoms with Gasteiger partial charge in [0.05, 0.1) is 4.91 Å². The molecule has 1 unspecified atom stereocenters. The molecule has 2 fully saturated rings. The summed E-state index contributed by atoms with van der Waals surface area (Å²) in [4.78, 5) is 39.7. The zero-order chi connectivity index (χ0) is 18.7. The standard InChI is InChI=1S/C18H18N2O4S2/c21-15(19-9-5-4-8-13(19)17(23)24)11-20-16(22)14(26-18(20)25)10-12-6-2-1-3-7-12/h1-3,6-7,10,13H,4-5,8-9,11H2,(H,23,24). The van der Waals surface area contributed by atoms with E-state index >= 15 is 0 Å². The highest BCUT2D eigenvalue weighted by molar-refractivity contribution is 8.26. The van der Waals surface area contributed by atoms with E-state index in [1.807, 2.05) is 30.3 Å². The van der Waals surface area contributed by atoms with Gasteiger partial charge in [0.15, 0.2) is 0 Å². The Labute approximate surface area is 160 Å². The summed E-state index contributed by atoms with van der Waals surface area (Å²) in [6.45, 7) is 0.172. The maximum absolute atomic E-state index is 12.6. The van der Waals surface area contributed by atoms with E-state index in [2.05, 4.69) is 0 Å². The third kappa shape index (κ3) is 3.96. The van der Waals surface area contributed by atoms with Crippen molar-refractivity contribution in [2.45, 2.75) is 25.3 Å². The highest BCUT2D eigenvalue weighted by Crippen LogP contribution is 2.32. The van der Waals surface area contributed by atoms with Gasteiger partial charge < -0.3 is 10.0 Å². The Morgan fingerprint density at radius 3 is 2.69 bits per heavy atom. The molecular formula is C18H18N2O4S2. The van der Waals surface area contributed by atoms with Crippen molar-refractivity contribution in [3.63, 3.8) is 0 Å². The van der Waals surface area contributed by atoms with Crippen LogP contribution in [0.4, 0.5) is 0 Å². The molecule has 1 atom stereocenters. The summed E-state index contributed by atoms with van der Waals surface area (Å²) in [5.74, 6) is -1.71. The molecular weight excluding hydrogens is 372 g/mol. The minimum Gasteiger partial charge on any atom is -0.480 e. The molecule has 2 saturated heterocycles. The zero-order valence-corrected chi connectivity index (χ0v) is 15.6. The van der Waals surface area contributed by atoms with Crippen molar-refractivity contribution >= 4 is 52.2 Å². The van der Waals surface area contributed by atoms with Crippen LogP contribution in [-0.4, -0.2) is 56.1 Å². The summed E-state index contributed by atoms with van der Waals surface area (Å²) in [6, 6.07) is 8.57. The number of benzene rings is 1. The molecule has 1 aromatic carbocycles. The second kappa shape index (κ2) is 8.01. The van der Waals surface area contributed by atoms with E-state index in [0.29, 0.717) is 22.2 Å². The molecule has 0 bridgehead atoms. The van der Waals surface area contributed by atoms with Crippen LogP contribution < -0.4 is 0 Å². The normalized spacial score (nSPS) is 22.2. The van der Waals surface area contributed by atoms with Gasteiger partial charge in [-0.05, 0) is 30.9 Å². The Balaban J connectivity index is 1.72. The maximum atomic E-state index is 12.6. The Kier molecular flexibility index (Phi) is 5.73. The third-order valence-electron chi connectivity index (χ3n) is 4.37. The van der Waals surface area contributed by atoms with Crippen molar-refractivity contribution in [1.29, 1.82) is 0 Å². The minimum atomic E-state index is -1.01. The topological polar surface area (TPSA) is 77.9 Å². The molecule has 1 aromatic rings. The van der Waals surface area contributed by atoms with Gasteiger partial charge in [0.25, 0.3) is 5.91 Å². The van der Waals surface area contributed by atoms with Gasteiger partial charge in [-0.2, -0.15) is 0 Å². The fourth-order valence-corrected chi connectivity index (χ4v) is 4.30. The Morgan fingerprint density at radius 2 is 2.00 bits per heavy atom. The second-order valence-electron chi connectivity index (χ2n) is 6.12. The molecule has 0 radical (unpaired) electrons. The van der Waals surface area contributed by atoms with Gasteiger partial charge in [-0.1, -0.05) is 54.3 Å². The quantitative estimate of drug-likeness (QED) is 0.628. The number of amides is 2. The van der Waals surface area contributed by atoms with Crippen LogP contribution in [0.2, 0.25) is 0 Å². The predicted octanol–water partition coefficient (Wildman–Crippen LogP) is 2.35. The number of piperidine rings is 1. The molecule has 0 aromatic heterocycles. The molecule has 0 spiro atoms. The average molecular weight is 390 g/mol. The van der Waals surface area contributed by atoms with E-state index < -0.39 is 12.0 Å². The largest absolute Gasteiger partial charge is 0.480 e. The van der Waals surface area contributed by atoms with Crippen LogP contribution in [0.3, 0.4) is 0 Å². The van der Waals surface area contributed by atoms with Crippen LogP contribution in [0.25, 0.3) is 6.08 Å². The van der Waals surface area contributed by atoms with Gasteiger partial charge in [0, 0.05) is 6.54 Å². The molecule has 2 aliphatic rings. The van der Waals surface area contributed by atoms with Crippen LogP contribution >= 0.6 is 24.0 Å². The Morgan fingerprint density at radius 1 is 1.27 bits per heavy atom. The predicted molar refractivity (Wildman–Crippen MR) is 103 cm³/mol. The fraction of sp³-hybridized carbons (Fsp3) is 0.333. The van der Waals surface area contributed by atoms with E-state index in [1.54, 1.807) is 6.08 Å². The molecule has 6 nitrogen and oxygen atoms in total. The fourth-order valence-electron chi connectivity index (χ4n) is 3.05. The number of nitrogens with zero attached hydrogens (tertiary/aromatic N) is 2. The summed E-state index contributed by atoms with van der Waals surface area (Å²) >= 11 is 6.41. The molecule has 8 heteroatoms. The van der Waals surface area contributed by atoms with Crippen LogP contribution in [0.15, 0.2) is 35.2 Å². The number of carbonyl (C=O) groups excluding carboxylic acids is 2. The van der Waals surface area contributed by atoms with E-state index in [4.69, 9.17) is 12.2 Å². The highest BCUT2D eigenvalue weighted by Gasteiger charge is 2.37. The molecule has 2 aliphatic heterocycles. The minimum absolute atomic E-state index is 0.222. The lowest BCUT2D eigenvalue weighted by atomic mass is 10.0. The molecule has 2 amide bonds. The van der Waals surface area contributed by atoms with E-state index in [1.165, 1.54) is 9.80 Å². The summed E-state index contributed by atoms with van der Waals surface area (Å²) in [5.41, 5.74) is 0.876. The first-order valence-electron chi connectivity index (χ1n) is 8.30. The smallest absolute Gasteiger partial charge is 0.326 e. The number of likely N-dealkylation sites (tertiary alicyclic amines) is 1. The van der Waals surface area contributed by atoms with Gasteiger partial charge in [-0.25, -0.2) is 4.79 Å². The first-order valence-corrected chi connectivity index (χ1v) is 9.52. The van der Waals surface area contributed by atoms with Crippen molar-refractivity contribution in [3.8, 4) is 0 Å². The number of hydrogen-bond acceptors (Lipinski definition) is 5. The van der Waals surface area contributed by atoms with Crippen molar-refractivity contribution < 1.29 is 19.5 Å². The van der Waals surface area contributed by atoms with E-state index in [9.17, 15) is 19.5 Å². The van der Waals surface area contributed by atoms with Crippen molar-refractivity contribution in [3.05, 3.63) is 40.8 Å². The van der Waals surface area contributed by atoms with Crippen LogP contribution in [-0.2, 0) is 14.4 Å². The number of carboxylic acid groups (broad SMARTS) is 1. The number of aliphatic carboxylic acids is 1. The monoisotopic (exact) mass is 390 g/mol. The lowest BCUT2D eigenvalue weighted by molar-refractivity contribution is -0.152. The van der Waals surface area contributed by atoms with E-state index in [0.717, 1.165) is 30.2 Å². The second-order valence-corrected chi connectivity index (χ2v) is 7.79. The van der Waals surface area contributed by atoms with Gasteiger partial charge in [-0.15, -0.1) is 0 Å². The number of carboxylic acids is 1. The van der Waals surface area contributed by atoms with Crippen LogP contribution in [0.5, 0.6) is 0 Å². The number of hydrogen-bond donors (Lipinski definition) is 1. The third-order valence-corrected chi connectivity index (χ3v) is 5.75. The van der Waals surface area contributed by atoms with Crippen molar-refractivity contribution in [2.24, 2.45) is 0 Å². The number of carbonyl (C=O) groups is 3. The summed E-state index contributed by atoms with van der Waals surface area (Å²) in [5, 5.41) is 9.32. The van der Waals surface area contributed by atoms with Crippen molar-refractivity contribution in [1.82, 2.24) is 9.80 Å². The molecule has 0 aliphatic carbocycles. The molecule has 1 N–H and O–H groups in total. The van der Waals surface area contributed by atoms with Gasteiger partial charge in [-0.3, -0.25) is 14.5 Å². The molecule has 26 heavy (non-hydrogen) atoms. The zero-order valence-electron chi connectivity index (χ0n) is 14.0. The lowest BCUT2D eigenvalue weighted by Crippen LogP contribution is -2.51. The Bertz CT molecular complexity index is 779. The maximum Gasteiger partial charge on any atom is 0.326 e. The van der Waals surface area contributed by atoms with Crippen LogP contribution in [0.1, 0.15) is 24.8 Å². The SMILES string of the molecule is O=C(O)C1CCCCN1C(=O)CN1C(=O)C(=Cc2ccccc2)SC1=S.